The predicted octanol–water partition coefficient (Wildman–Crippen LogP) is 0.170. The summed E-state index contributed by atoms with van der Waals surface area (Å²) >= 11 is 0. The van der Waals surface area contributed by atoms with Crippen molar-refractivity contribution < 1.29 is 14.7 Å². The average molecular weight is 231 g/mol. The first-order valence-electron chi connectivity index (χ1n) is 4.63. The Hall–Kier alpha value is -0.840. The molecular formula is C11H14NNaO3. The van der Waals surface area contributed by atoms with Gasteiger partial charge in [-0.25, -0.2) is 4.79 Å². The van der Waals surface area contributed by atoms with Crippen LogP contribution in [0.4, 0.5) is 0 Å². The molecule has 0 fully saturated rings. The molecule has 0 saturated heterocycles. The fourth-order valence-electron chi connectivity index (χ4n) is 1.30. The summed E-state index contributed by atoms with van der Waals surface area (Å²) < 4.78 is 0. The van der Waals surface area contributed by atoms with Crippen LogP contribution in [-0.2, 0) is 16.0 Å². The summed E-state index contributed by atoms with van der Waals surface area (Å²) in [5.74, 6) is -1.35. The predicted molar refractivity (Wildman–Crippen MR) is 62.5 cm³/mol. The van der Waals surface area contributed by atoms with Gasteiger partial charge in [0.15, 0.2) is 0 Å². The molecule has 1 atom stereocenters. The molecule has 0 aromatic heterocycles. The van der Waals surface area contributed by atoms with E-state index in [4.69, 9.17) is 5.11 Å². The summed E-state index contributed by atoms with van der Waals surface area (Å²) in [6, 6.07) is 8.34. The van der Waals surface area contributed by atoms with Gasteiger partial charge in [-0.3, -0.25) is 4.79 Å². The summed E-state index contributed by atoms with van der Waals surface area (Å²) in [5, 5.41) is 11.3. The summed E-state index contributed by atoms with van der Waals surface area (Å²) in [5.41, 5.74) is 0.888. The van der Waals surface area contributed by atoms with Gasteiger partial charge in [-0.1, -0.05) is 30.3 Å². The third-order valence-corrected chi connectivity index (χ3v) is 1.96. The number of rotatable bonds is 4. The Morgan fingerprint density at radius 1 is 1.31 bits per heavy atom. The molecule has 0 spiro atoms. The number of hydrogen-bond donors (Lipinski definition) is 2. The van der Waals surface area contributed by atoms with Crippen LogP contribution >= 0.6 is 0 Å². The van der Waals surface area contributed by atoms with E-state index in [0.29, 0.717) is 6.42 Å². The monoisotopic (exact) mass is 231 g/mol. The Labute approximate surface area is 116 Å². The first-order chi connectivity index (χ1) is 7.09. The van der Waals surface area contributed by atoms with Gasteiger partial charge in [0.25, 0.3) is 0 Å². The van der Waals surface area contributed by atoms with Crippen molar-refractivity contribution in [1.82, 2.24) is 5.32 Å². The van der Waals surface area contributed by atoms with Crippen molar-refractivity contribution in [3.63, 3.8) is 0 Å². The molecule has 0 saturated carbocycles. The maximum absolute atomic E-state index is 10.8. The average Bonchev–Trinajstić information content (AvgIpc) is 2.17. The minimum absolute atomic E-state index is 0. The molecule has 1 amide bonds. The zero-order chi connectivity index (χ0) is 11.3. The molecule has 0 radical (unpaired) electrons. The van der Waals surface area contributed by atoms with Gasteiger partial charge in [-0.05, 0) is 5.56 Å². The van der Waals surface area contributed by atoms with Crippen LogP contribution in [0, 0.1) is 0 Å². The first-order valence-corrected chi connectivity index (χ1v) is 4.63. The minimum atomic E-state index is -1.02. The molecule has 1 aromatic rings. The molecule has 1 unspecified atom stereocenters. The van der Waals surface area contributed by atoms with Crippen molar-refractivity contribution >= 4 is 41.4 Å². The van der Waals surface area contributed by atoms with E-state index in [1.54, 1.807) is 0 Å². The Kier molecular flexibility index (Phi) is 7.05. The molecule has 2 N–H and O–H groups in total. The molecule has 4 nitrogen and oxygen atoms in total. The van der Waals surface area contributed by atoms with Crippen LogP contribution in [0.3, 0.4) is 0 Å². The van der Waals surface area contributed by atoms with E-state index >= 15 is 0 Å². The van der Waals surface area contributed by atoms with Gasteiger partial charge in [0.1, 0.15) is 6.04 Å². The molecule has 16 heavy (non-hydrogen) atoms. The normalized spacial score (nSPS) is 11.1. The maximum atomic E-state index is 10.8. The van der Waals surface area contributed by atoms with E-state index in [1.807, 2.05) is 30.3 Å². The SMILES string of the molecule is CC(=O)NC(Cc1ccccc1)C(=O)O.[NaH]. The Bertz CT molecular complexity index is 354. The van der Waals surface area contributed by atoms with Gasteiger partial charge >= 0.3 is 35.5 Å². The molecule has 0 heterocycles. The fourth-order valence-corrected chi connectivity index (χ4v) is 1.30. The number of aliphatic carboxylic acids is 1. The van der Waals surface area contributed by atoms with E-state index in [0.717, 1.165) is 5.56 Å². The standard InChI is InChI=1S/C11H13NO3.Na.H/c1-8(13)12-10(11(14)15)7-9-5-3-2-4-6-9;;/h2-6,10H,7H2,1H3,(H,12,13)(H,14,15);;. The second kappa shape index (κ2) is 7.44. The van der Waals surface area contributed by atoms with Crippen molar-refractivity contribution in [1.29, 1.82) is 0 Å². The van der Waals surface area contributed by atoms with Crippen LogP contribution in [0.15, 0.2) is 30.3 Å². The van der Waals surface area contributed by atoms with Gasteiger partial charge in [-0.15, -0.1) is 0 Å². The molecule has 0 aliphatic carbocycles. The van der Waals surface area contributed by atoms with Gasteiger partial charge < -0.3 is 10.4 Å². The van der Waals surface area contributed by atoms with Gasteiger partial charge in [0.05, 0.1) is 0 Å². The zero-order valence-electron chi connectivity index (χ0n) is 8.43. The van der Waals surface area contributed by atoms with E-state index < -0.39 is 12.0 Å². The number of carboxylic acids is 1. The van der Waals surface area contributed by atoms with Crippen LogP contribution in [0.5, 0.6) is 0 Å². The topological polar surface area (TPSA) is 66.4 Å². The molecule has 82 valence electrons. The number of nitrogens with one attached hydrogen (secondary N) is 1. The molecular weight excluding hydrogens is 217 g/mol. The summed E-state index contributed by atoms with van der Waals surface area (Å²) in [6.45, 7) is 1.31. The molecule has 0 bridgehead atoms. The van der Waals surface area contributed by atoms with E-state index in [9.17, 15) is 9.59 Å². The second-order valence-corrected chi connectivity index (χ2v) is 3.28. The van der Waals surface area contributed by atoms with Crippen LogP contribution in [-0.4, -0.2) is 52.6 Å². The van der Waals surface area contributed by atoms with Gasteiger partial charge in [-0.2, -0.15) is 0 Å². The van der Waals surface area contributed by atoms with Crippen LogP contribution in [0.1, 0.15) is 12.5 Å². The number of carbonyl (C=O) groups excluding carboxylic acids is 1. The Morgan fingerprint density at radius 2 is 1.88 bits per heavy atom. The van der Waals surface area contributed by atoms with Crippen molar-refractivity contribution in [2.45, 2.75) is 19.4 Å². The number of benzene rings is 1. The van der Waals surface area contributed by atoms with Crippen molar-refractivity contribution in [2.24, 2.45) is 0 Å². The molecule has 1 rings (SSSR count). The van der Waals surface area contributed by atoms with Crippen molar-refractivity contribution in [3.05, 3.63) is 35.9 Å². The van der Waals surface area contributed by atoms with E-state index in [1.165, 1.54) is 6.92 Å². The number of amides is 1. The number of hydrogen-bond acceptors (Lipinski definition) is 2. The summed E-state index contributed by atoms with van der Waals surface area (Å²) in [7, 11) is 0. The molecule has 0 aliphatic rings. The van der Waals surface area contributed by atoms with Crippen LogP contribution in [0.25, 0.3) is 0 Å². The second-order valence-electron chi connectivity index (χ2n) is 3.28. The zero-order valence-corrected chi connectivity index (χ0v) is 8.43. The first kappa shape index (κ1) is 15.2. The van der Waals surface area contributed by atoms with Crippen LogP contribution in [0.2, 0.25) is 0 Å². The number of carbonyl (C=O) groups is 2. The van der Waals surface area contributed by atoms with E-state index in [-0.39, 0.29) is 35.5 Å². The van der Waals surface area contributed by atoms with Crippen LogP contribution < -0.4 is 5.32 Å². The molecule has 0 aliphatic heterocycles. The van der Waals surface area contributed by atoms with Gasteiger partial charge in [0, 0.05) is 13.3 Å². The third kappa shape index (κ3) is 5.30. The van der Waals surface area contributed by atoms with E-state index in [2.05, 4.69) is 5.32 Å². The van der Waals surface area contributed by atoms with Crippen molar-refractivity contribution in [3.8, 4) is 0 Å². The molecule has 5 heteroatoms. The third-order valence-electron chi connectivity index (χ3n) is 1.96. The van der Waals surface area contributed by atoms with Gasteiger partial charge in [0.2, 0.25) is 5.91 Å². The number of carboxylic acid groups (broad SMARTS) is 1. The Morgan fingerprint density at radius 3 is 2.31 bits per heavy atom. The molecule has 1 aromatic carbocycles. The van der Waals surface area contributed by atoms with Crippen molar-refractivity contribution in [2.75, 3.05) is 0 Å². The Balaban J connectivity index is 0.00000225. The quantitative estimate of drug-likeness (QED) is 0.726. The summed E-state index contributed by atoms with van der Waals surface area (Å²) in [4.78, 5) is 21.6. The fraction of sp³-hybridized carbons (Fsp3) is 0.273. The summed E-state index contributed by atoms with van der Waals surface area (Å²) in [6.07, 6.45) is 0.301.